The Morgan fingerprint density at radius 2 is 1.81 bits per heavy atom. The number of benzene rings is 2. The molecule has 1 aromatic heterocycles. The normalized spacial score (nSPS) is 11.0. The smallest absolute Gasteiger partial charge is 0.277 e. The van der Waals surface area contributed by atoms with E-state index in [1.165, 1.54) is 0 Å². The second kappa shape index (κ2) is 8.20. The zero-order valence-corrected chi connectivity index (χ0v) is 14.8. The molecule has 3 rings (SSSR count). The fourth-order valence-electron chi connectivity index (χ4n) is 2.67. The summed E-state index contributed by atoms with van der Waals surface area (Å²) >= 11 is 0. The third-order valence-electron chi connectivity index (χ3n) is 3.83. The van der Waals surface area contributed by atoms with Gasteiger partial charge in [-0.25, -0.2) is 5.43 Å². The third-order valence-corrected chi connectivity index (χ3v) is 3.83. The molecule has 6 nitrogen and oxygen atoms in total. The molecule has 0 aliphatic rings. The number of rotatable bonds is 7. The minimum Gasteiger partial charge on any atom is -0.490 e. The zero-order chi connectivity index (χ0) is 18.4. The molecule has 6 heteroatoms. The molecule has 0 aliphatic carbocycles. The van der Waals surface area contributed by atoms with Crippen LogP contribution in [0.15, 0.2) is 59.8 Å². The van der Waals surface area contributed by atoms with Crippen LogP contribution in [0.5, 0.6) is 11.5 Å². The van der Waals surface area contributed by atoms with Gasteiger partial charge in [0.05, 0.1) is 12.8 Å². The van der Waals surface area contributed by atoms with Crippen LogP contribution >= 0.6 is 0 Å². The topological polar surface area (TPSA) is 64.8 Å². The standard InChI is InChI=1S/C20H21N3O3/c1-3-25-18-10-6-7-11-19(18)26-14-20(24)22-21-12-15-13-23(2)17-9-5-4-8-16(15)17/h4-13H,3,14H2,1-2H3,(H,22,24)/b21-12-. The first-order valence-electron chi connectivity index (χ1n) is 8.39. The van der Waals surface area contributed by atoms with Crippen molar-refractivity contribution in [2.24, 2.45) is 12.1 Å². The van der Waals surface area contributed by atoms with Crippen molar-refractivity contribution in [3.63, 3.8) is 0 Å². The lowest BCUT2D eigenvalue weighted by atomic mass is 10.2. The summed E-state index contributed by atoms with van der Waals surface area (Å²) in [6, 6.07) is 15.3. The molecule has 1 amide bonds. The number of hydrazone groups is 1. The van der Waals surface area contributed by atoms with E-state index < -0.39 is 0 Å². The van der Waals surface area contributed by atoms with Gasteiger partial charge in [0, 0.05) is 29.7 Å². The summed E-state index contributed by atoms with van der Waals surface area (Å²) in [6.45, 7) is 2.28. The molecule has 3 aromatic rings. The average Bonchev–Trinajstić information content (AvgIpc) is 2.98. The molecule has 0 saturated carbocycles. The average molecular weight is 351 g/mol. The van der Waals surface area contributed by atoms with Gasteiger partial charge >= 0.3 is 0 Å². The molecular formula is C20H21N3O3. The quantitative estimate of drug-likeness (QED) is 0.525. The third kappa shape index (κ3) is 4.03. The van der Waals surface area contributed by atoms with E-state index in [0.29, 0.717) is 18.1 Å². The molecule has 0 unspecified atom stereocenters. The summed E-state index contributed by atoms with van der Waals surface area (Å²) < 4.78 is 13.0. The molecule has 0 radical (unpaired) electrons. The minimum absolute atomic E-state index is 0.142. The highest BCUT2D eigenvalue weighted by atomic mass is 16.5. The number of nitrogens with one attached hydrogen (secondary N) is 1. The molecule has 0 bridgehead atoms. The van der Waals surface area contributed by atoms with Gasteiger partial charge in [-0.15, -0.1) is 0 Å². The van der Waals surface area contributed by atoms with E-state index in [-0.39, 0.29) is 12.5 Å². The fourth-order valence-corrected chi connectivity index (χ4v) is 2.67. The van der Waals surface area contributed by atoms with Gasteiger partial charge in [-0.3, -0.25) is 4.79 Å². The van der Waals surface area contributed by atoms with Gasteiger partial charge in [-0.1, -0.05) is 30.3 Å². The molecule has 0 spiro atoms. The van der Waals surface area contributed by atoms with Crippen LogP contribution in [0.2, 0.25) is 0 Å². The van der Waals surface area contributed by atoms with Crippen LogP contribution in [0.4, 0.5) is 0 Å². The molecule has 0 atom stereocenters. The van der Waals surface area contributed by atoms with Gasteiger partial charge in [0.2, 0.25) is 0 Å². The maximum Gasteiger partial charge on any atom is 0.277 e. The Hall–Kier alpha value is -3.28. The zero-order valence-electron chi connectivity index (χ0n) is 14.8. The summed E-state index contributed by atoms with van der Waals surface area (Å²) in [5, 5.41) is 5.11. The van der Waals surface area contributed by atoms with Crippen molar-refractivity contribution in [1.29, 1.82) is 0 Å². The van der Waals surface area contributed by atoms with Gasteiger partial charge in [0.25, 0.3) is 5.91 Å². The Kier molecular flexibility index (Phi) is 5.53. The lowest BCUT2D eigenvalue weighted by Gasteiger charge is -2.10. The maximum absolute atomic E-state index is 11.9. The van der Waals surface area contributed by atoms with E-state index in [1.807, 2.05) is 61.1 Å². The first-order valence-corrected chi connectivity index (χ1v) is 8.39. The molecule has 2 aromatic carbocycles. The number of aromatic nitrogens is 1. The van der Waals surface area contributed by atoms with Crippen molar-refractivity contribution in [1.82, 2.24) is 9.99 Å². The number of hydrogen-bond acceptors (Lipinski definition) is 4. The summed E-state index contributed by atoms with van der Waals surface area (Å²) in [5.74, 6) is 0.803. The second-order valence-corrected chi connectivity index (χ2v) is 5.67. The number of fused-ring (bicyclic) bond motifs is 1. The number of hydrogen-bond donors (Lipinski definition) is 1. The number of carbonyl (C=O) groups excluding carboxylic acids is 1. The van der Waals surface area contributed by atoms with E-state index >= 15 is 0 Å². The highest BCUT2D eigenvalue weighted by Crippen LogP contribution is 2.26. The summed E-state index contributed by atoms with van der Waals surface area (Å²) in [7, 11) is 1.97. The van der Waals surface area contributed by atoms with Crippen LogP contribution in [-0.2, 0) is 11.8 Å². The number of aryl methyl sites for hydroxylation is 1. The molecule has 0 aliphatic heterocycles. The summed E-state index contributed by atoms with van der Waals surface area (Å²) in [5.41, 5.74) is 4.53. The van der Waals surface area contributed by atoms with E-state index in [4.69, 9.17) is 9.47 Å². The van der Waals surface area contributed by atoms with Crippen LogP contribution < -0.4 is 14.9 Å². The molecular weight excluding hydrogens is 330 g/mol. The largest absolute Gasteiger partial charge is 0.490 e. The number of nitrogens with zero attached hydrogens (tertiary/aromatic N) is 2. The molecule has 1 heterocycles. The maximum atomic E-state index is 11.9. The number of carbonyl (C=O) groups is 1. The molecule has 1 N–H and O–H groups in total. The summed E-state index contributed by atoms with van der Waals surface area (Å²) in [4.78, 5) is 11.9. The predicted octanol–water partition coefficient (Wildman–Crippen LogP) is 3.11. The Balaban J connectivity index is 1.58. The van der Waals surface area contributed by atoms with Gasteiger partial charge in [-0.05, 0) is 25.1 Å². The Labute approximate surface area is 152 Å². The highest BCUT2D eigenvalue weighted by molar-refractivity contribution is 5.99. The first kappa shape index (κ1) is 17.5. The monoisotopic (exact) mass is 351 g/mol. The number of ether oxygens (including phenoxy) is 2. The van der Waals surface area contributed by atoms with Crippen molar-refractivity contribution in [2.75, 3.05) is 13.2 Å². The van der Waals surface area contributed by atoms with Gasteiger partial charge in [0.15, 0.2) is 18.1 Å². The SMILES string of the molecule is CCOc1ccccc1OCC(=O)N/N=C\c1cn(C)c2ccccc12. The number of para-hydroxylation sites is 3. The van der Waals surface area contributed by atoms with Gasteiger partial charge in [-0.2, -0.15) is 5.10 Å². The first-order chi connectivity index (χ1) is 12.7. The van der Waals surface area contributed by atoms with Crippen molar-refractivity contribution in [3.8, 4) is 11.5 Å². The van der Waals surface area contributed by atoms with E-state index in [2.05, 4.69) is 10.5 Å². The van der Waals surface area contributed by atoms with E-state index in [0.717, 1.165) is 16.5 Å². The lowest BCUT2D eigenvalue weighted by Crippen LogP contribution is -2.24. The van der Waals surface area contributed by atoms with Crippen LogP contribution in [0, 0.1) is 0 Å². The van der Waals surface area contributed by atoms with E-state index in [9.17, 15) is 4.79 Å². The fraction of sp³-hybridized carbons (Fsp3) is 0.200. The molecule has 0 saturated heterocycles. The van der Waals surface area contributed by atoms with E-state index in [1.54, 1.807) is 18.3 Å². The van der Waals surface area contributed by atoms with Crippen molar-refractivity contribution >= 4 is 23.0 Å². The molecule has 134 valence electrons. The van der Waals surface area contributed by atoms with Gasteiger partial charge in [0.1, 0.15) is 0 Å². The predicted molar refractivity (Wildman–Crippen MR) is 102 cm³/mol. The van der Waals surface area contributed by atoms with Crippen LogP contribution in [0.3, 0.4) is 0 Å². The minimum atomic E-state index is -0.340. The number of amides is 1. The van der Waals surface area contributed by atoms with Crippen molar-refractivity contribution in [3.05, 3.63) is 60.3 Å². The molecule has 0 fully saturated rings. The Morgan fingerprint density at radius 3 is 2.58 bits per heavy atom. The lowest BCUT2D eigenvalue weighted by molar-refractivity contribution is -0.123. The van der Waals surface area contributed by atoms with Crippen molar-refractivity contribution in [2.45, 2.75) is 6.92 Å². The van der Waals surface area contributed by atoms with Crippen molar-refractivity contribution < 1.29 is 14.3 Å². The van der Waals surface area contributed by atoms with Crippen LogP contribution in [0.25, 0.3) is 10.9 Å². The Morgan fingerprint density at radius 1 is 1.12 bits per heavy atom. The van der Waals surface area contributed by atoms with Crippen LogP contribution in [0.1, 0.15) is 12.5 Å². The molecule has 26 heavy (non-hydrogen) atoms. The van der Waals surface area contributed by atoms with Crippen LogP contribution in [-0.4, -0.2) is 29.9 Å². The Bertz CT molecular complexity index is 931. The second-order valence-electron chi connectivity index (χ2n) is 5.67. The van der Waals surface area contributed by atoms with Gasteiger partial charge < -0.3 is 14.0 Å². The highest BCUT2D eigenvalue weighted by Gasteiger charge is 2.07. The summed E-state index contributed by atoms with van der Waals surface area (Å²) in [6.07, 6.45) is 3.60.